The maximum Gasteiger partial charge on any atom is 0.251 e. The first-order valence-corrected chi connectivity index (χ1v) is 6.64. The van der Waals surface area contributed by atoms with Crippen LogP contribution < -0.4 is 5.32 Å². The molecule has 0 aliphatic carbocycles. The lowest BCUT2D eigenvalue weighted by Gasteiger charge is -2.06. The first-order valence-electron chi connectivity index (χ1n) is 5.52. The topological polar surface area (TPSA) is 38.3 Å². The van der Waals surface area contributed by atoms with Gasteiger partial charge in [-0.05, 0) is 24.6 Å². The summed E-state index contributed by atoms with van der Waals surface area (Å²) < 4.78 is 30.7. The van der Waals surface area contributed by atoms with Crippen LogP contribution in [0.25, 0.3) is 0 Å². The molecule has 0 aromatic heterocycles. The Balaban J connectivity index is 2.30. The van der Waals surface area contributed by atoms with Gasteiger partial charge in [0, 0.05) is 24.0 Å². The Labute approximate surface area is 113 Å². The second-order valence-corrected chi connectivity index (χ2v) is 4.33. The quantitative estimate of drug-likeness (QED) is 0.619. The van der Waals surface area contributed by atoms with Gasteiger partial charge in [0.25, 0.3) is 5.91 Å². The summed E-state index contributed by atoms with van der Waals surface area (Å²) in [4.78, 5) is 11.5. The van der Waals surface area contributed by atoms with Gasteiger partial charge in [0.2, 0.25) is 0 Å². The van der Waals surface area contributed by atoms with E-state index >= 15 is 0 Å². The highest BCUT2D eigenvalue weighted by Crippen LogP contribution is 2.08. The van der Waals surface area contributed by atoms with E-state index in [2.05, 4.69) is 21.2 Å². The van der Waals surface area contributed by atoms with Crippen molar-refractivity contribution in [3.05, 3.63) is 35.4 Å². The van der Waals surface area contributed by atoms with Crippen molar-refractivity contribution in [3.8, 4) is 0 Å². The summed E-state index contributed by atoms with van der Waals surface area (Å²) in [6, 6.07) is 3.06. The van der Waals surface area contributed by atoms with Gasteiger partial charge < -0.3 is 10.1 Å². The second-order valence-electron chi connectivity index (χ2n) is 3.54. The van der Waals surface area contributed by atoms with Gasteiger partial charge in [-0.25, -0.2) is 8.78 Å². The molecular weight excluding hydrogens is 308 g/mol. The number of hydrogen-bond donors (Lipinski definition) is 1. The summed E-state index contributed by atoms with van der Waals surface area (Å²) in [5.41, 5.74) is 0.107. The Bertz CT molecular complexity index is 402. The van der Waals surface area contributed by atoms with E-state index in [0.717, 1.165) is 17.5 Å². The lowest BCUT2D eigenvalue weighted by molar-refractivity contribution is 0.0944. The lowest BCUT2D eigenvalue weighted by atomic mass is 10.2. The fourth-order valence-electron chi connectivity index (χ4n) is 1.27. The molecule has 1 N–H and O–H groups in total. The van der Waals surface area contributed by atoms with Crippen LogP contribution in [0.15, 0.2) is 18.2 Å². The standard InChI is InChI=1S/C12H14BrF2NO2/c13-4-7-18-6-1-5-16-12(17)9-2-3-10(14)11(15)8-9/h2-3,8H,1,4-7H2,(H,16,17). The summed E-state index contributed by atoms with van der Waals surface area (Å²) in [5, 5.41) is 3.37. The molecule has 3 nitrogen and oxygen atoms in total. The Morgan fingerprint density at radius 3 is 2.72 bits per heavy atom. The molecule has 6 heteroatoms. The van der Waals surface area contributed by atoms with Crippen molar-refractivity contribution in [2.75, 3.05) is 25.1 Å². The molecule has 1 aromatic carbocycles. The highest BCUT2D eigenvalue weighted by molar-refractivity contribution is 9.09. The third kappa shape index (κ3) is 5.10. The summed E-state index contributed by atoms with van der Waals surface area (Å²) in [6.07, 6.45) is 0.669. The SMILES string of the molecule is O=C(NCCCOCCBr)c1ccc(F)c(F)c1. The lowest BCUT2D eigenvalue weighted by Crippen LogP contribution is -2.25. The van der Waals surface area contributed by atoms with Crippen molar-refractivity contribution < 1.29 is 18.3 Å². The minimum absolute atomic E-state index is 0.107. The van der Waals surface area contributed by atoms with Crippen LogP contribution in [0.4, 0.5) is 8.78 Å². The Morgan fingerprint density at radius 1 is 1.28 bits per heavy atom. The predicted octanol–water partition coefficient (Wildman–Crippen LogP) is 2.50. The van der Waals surface area contributed by atoms with Crippen molar-refractivity contribution in [1.82, 2.24) is 5.32 Å². The molecule has 0 saturated heterocycles. The Hall–Kier alpha value is -1.01. The number of benzene rings is 1. The maximum absolute atomic E-state index is 12.9. The minimum atomic E-state index is -1.02. The molecule has 1 amide bonds. The number of carbonyl (C=O) groups excluding carboxylic acids is 1. The van der Waals surface area contributed by atoms with Crippen molar-refractivity contribution >= 4 is 21.8 Å². The number of alkyl halides is 1. The van der Waals surface area contributed by atoms with Crippen molar-refractivity contribution in [1.29, 1.82) is 0 Å². The maximum atomic E-state index is 12.9. The first-order chi connectivity index (χ1) is 8.65. The van der Waals surface area contributed by atoms with Crippen LogP contribution >= 0.6 is 15.9 Å². The minimum Gasteiger partial charge on any atom is -0.381 e. The molecule has 0 unspecified atom stereocenters. The number of rotatable bonds is 7. The predicted molar refractivity (Wildman–Crippen MR) is 67.9 cm³/mol. The molecule has 18 heavy (non-hydrogen) atoms. The van der Waals surface area contributed by atoms with Crippen LogP contribution in [-0.2, 0) is 4.74 Å². The van der Waals surface area contributed by atoms with Crippen LogP contribution in [-0.4, -0.2) is 31.0 Å². The molecule has 0 atom stereocenters. The van der Waals surface area contributed by atoms with Gasteiger partial charge in [-0.1, -0.05) is 15.9 Å². The molecule has 0 heterocycles. The van der Waals surface area contributed by atoms with Crippen LogP contribution in [0.2, 0.25) is 0 Å². The van der Waals surface area contributed by atoms with E-state index in [1.54, 1.807) is 0 Å². The van der Waals surface area contributed by atoms with Gasteiger partial charge in [0.05, 0.1) is 6.61 Å². The molecule has 0 aliphatic heterocycles. The summed E-state index contributed by atoms with van der Waals surface area (Å²) >= 11 is 3.22. The van der Waals surface area contributed by atoms with Crippen LogP contribution in [0, 0.1) is 11.6 Å². The van der Waals surface area contributed by atoms with Gasteiger partial charge in [0.1, 0.15) is 0 Å². The van der Waals surface area contributed by atoms with Crippen molar-refractivity contribution in [2.24, 2.45) is 0 Å². The average molecular weight is 322 g/mol. The number of carbonyl (C=O) groups is 1. The molecule has 0 bridgehead atoms. The number of hydrogen-bond acceptors (Lipinski definition) is 2. The number of nitrogens with one attached hydrogen (secondary N) is 1. The van der Waals surface area contributed by atoms with Gasteiger partial charge >= 0.3 is 0 Å². The zero-order valence-corrected chi connectivity index (χ0v) is 11.3. The smallest absolute Gasteiger partial charge is 0.251 e. The number of ether oxygens (including phenoxy) is 1. The van der Waals surface area contributed by atoms with Crippen LogP contribution in [0.3, 0.4) is 0 Å². The molecule has 0 fully saturated rings. The molecule has 0 spiro atoms. The largest absolute Gasteiger partial charge is 0.381 e. The zero-order chi connectivity index (χ0) is 13.4. The third-order valence-electron chi connectivity index (χ3n) is 2.15. The first kappa shape index (κ1) is 15.0. The molecule has 0 aliphatic rings. The highest BCUT2D eigenvalue weighted by atomic mass is 79.9. The Morgan fingerprint density at radius 2 is 2.06 bits per heavy atom. The van der Waals surface area contributed by atoms with E-state index in [-0.39, 0.29) is 5.56 Å². The van der Waals surface area contributed by atoms with E-state index in [0.29, 0.717) is 26.2 Å². The van der Waals surface area contributed by atoms with Gasteiger partial charge in [0.15, 0.2) is 11.6 Å². The van der Waals surface area contributed by atoms with E-state index in [1.165, 1.54) is 6.07 Å². The molecular formula is C12H14BrF2NO2. The summed E-state index contributed by atoms with van der Waals surface area (Å²) in [5.74, 6) is -2.41. The summed E-state index contributed by atoms with van der Waals surface area (Å²) in [6.45, 7) is 1.60. The van der Waals surface area contributed by atoms with E-state index in [4.69, 9.17) is 4.74 Å². The number of amides is 1. The Kier molecular flexibility index (Phi) is 6.82. The average Bonchev–Trinajstić information content (AvgIpc) is 2.36. The van der Waals surface area contributed by atoms with Crippen LogP contribution in [0.5, 0.6) is 0 Å². The fourth-order valence-corrected chi connectivity index (χ4v) is 1.50. The van der Waals surface area contributed by atoms with Gasteiger partial charge in [-0.15, -0.1) is 0 Å². The van der Waals surface area contributed by atoms with E-state index in [9.17, 15) is 13.6 Å². The van der Waals surface area contributed by atoms with Gasteiger partial charge in [-0.2, -0.15) is 0 Å². The van der Waals surface area contributed by atoms with Gasteiger partial charge in [-0.3, -0.25) is 4.79 Å². The van der Waals surface area contributed by atoms with E-state index < -0.39 is 17.5 Å². The summed E-state index contributed by atoms with van der Waals surface area (Å²) in [7, 11) is 0. The fraction of sp³-hybridized carbons (Fsp3) is 0.417. The number of halogens is 3. The van der Waals surface area contributed by atoms with Crippen LogP contribution in [0.1, 0.15) is 16.8 Å². The molecule has 100 valence electrons. The molecule has 1 rings (SSSR count). The normalized spacial score (nSPS) is 10.4. The zero-order valence-electron chi connectivity index (χ0n) is 9.72. The second kappa shape index (κ2) is 8.16. The highest BCUT2D eigenvalue weighted by Gasteiger charge is 2.08. The van der Waals surface area contributed by atoms with Crippen molar-refractivity contribution in [3.63, 3.8) is 0 Å². The van der Waals surface area contributed by atoms with Crippen molar-refractivity contribution in [2.45, 2.75) is 6.42 Å². The third-order valence-corrected chi connectivity index (χ3v) is 2.48. The molecule has 0 saturated carbocycles. The molecule has 1 aromatic rings. The van der Waals surface area contributed by atoms with E-state index in [1.807, 2.05) is 0 Å². The molecule has 0 radical (unpaired) electrons. The monoisotopic (exact) mass is 321 g/mol.